The van der Waals surface area contributed by atoms with Gasteiger partial charge in [0.1, 0.15) is 5.82 Å². The minimum absolute atomic E-state index is 0.244. The molecule has 0 unspecified atom stereocenters. The number of aromatic amines is 1. The number of nitrogens with one attached hydrogen (secondary N) is 1. The highest BCUT2D eigenvalue weighted by atomic mass is 16.5. The van der Waals surface area contributed by atoms with Crippen LogP contribution in [0.3, 0.4) is 0 Å². The van der Waals surface area contributed by atoms with Crippen molar-refractivity contribution in [2.24, 2.45) is 0 Å². The van der Waals surface area contributed by atoms with E-state index in [0.29, 0.717) is 5.82 Å². The van der Waals surface area contributed by atoms with Crippen LogP contribution in [0.1, 0.15) is 5.69 Å². The Hall–Kier alpha value is -1.45. The molecule has 0 bridgehead atoms. The molecule has 0 aliphatic carbocycles. The van der Waals surface area contributed by atoms with E-state index in [-0.39, 0.29) is 12.4 Å². The third-order valence-electron chi connectivity index (χ3n) is 1.33. The summed E-state index contributed by atoms with van der Waals surface area (Å²) < 4.78 is 4.46. The van der Waals surface area contributed by atoms with Gasteiger partial charge in [0.15, 0.2) is 0 Å². The lowest BCUT2D eigenvalue weighted by atomic mass is 10.3. The number of nitrogen functional groups attached to an aromatic ring is 1. The lowest BCUT2D eigenvalue weighted by Crippen LogP contribution is -2.04. The summed E-state index contributed by atoms with van der Waals surface area (Å²) in [5, 5.41) is 0. The van der Waals surface area contributed by atoms with Crippen molar-refractivity contribution in [3.8, 4) is 0 Å². The average molecular weight is 154 g/mol. The van der Waals surface area contributed by atoms with E-state index in [2.05, 4.69) is 9.72 Å². The van der Waals surface area contributed by atoms with Crippen LogP contribution in [0.15, 0.2) is 12.1 Å². The third-order valence-corrected chi connectivity index (χ3v) is 1.33. The maximum absolute atomic E-state index is 10.7. The van der Waals surface area contributed by atoms with Crippen molar-refractivity contribution < 1.29 is 9.53 Å². The zero-order valence-electron chi connectivity index (χ0n) is 6.26. The van der Waals surface area contributed by atoms with Crippen LogP contribution in [0.2, 0.25) is 0 Å². The highest BCUT2D eigenvalue weighted by Crippen LogP contribution is 2.03. The van der Waals surface area contributed by atoms with E-state index >= 15 is 0 Å². The minimum atomic E-state index is -0.271. The molecule has 0 amide bonds. The topological polar surface area (TPSA) is 68.1 Å². The largest absolute Gasteiger partial charge is 0.469 e. The van der Waals surface area contributed by atoms with Crippen molar-refractivity contribution in [2.75, 3.05) is 12.8 Å². The van der Waals surface area contributed by atoms with Crippen LogP contribution in [0, 0.1) is 0 Å². The Labute approximate surface area is 64.4 Å². The molecule has 0 saturated carbocycles. The first-order valence-corrected chi connectivity index (χ1v) is 3.22. The second kappa shape index (κ2) is 3.09. The van der Waals surface area contributed by atoms with Crippen molar-refractivity contribution in [3.63, 3.8) is 0 Å². The van der Waals surface area contributed by atoms with E-state index < -0.39 is 0 Å². The zero-order valence-corrected chi connectivity index (χ0v) is 6.26. The maximum Gasteiger partial charge on any atom is 0.311 e. The van der Waals surface area contributed by atoms with Gasteiger partial charge in [0.2, 0.25) is 0 Å². The number of H-pyrrole nitrogens is 1. The minimum Gasteiger partial charge on any atom is -0.469 e. The molecule has 0 saturated heterocycles. The van der Waals surface area contributed by atoms with Crippen molar-refractivity contribution in [1.82, 2.24) is 4.98 Å². The molecular weight excluding hydrogens is 144 g/mol. The van der Waals surface area contributed by atoms with Crippen LogP contribution in [-0.4, -0.2) is 18.1 Å². The monoisotopic (exact) mass is 154 g/mol. The molecule has 0 aliphatic heterocycles. The molecule has 1 heterocycles. The summed E-state index contributed by atoms with van der Waals surface area (Å²) >= 11 is 0. The number of rotatable bonds is 2. The van der Waals surface area contributed by atoms with Crippen molar-refractivity contribution in [2.45, 2.75) is 6.42 Å². The highest BCUT2D eigenvalue weighted by molar-refractivity contribution is 5.72. The lowest BCUT2D eigenvalue weighted by Gasteiger charge is -1.94. The van der Waals surface area contributed by atoms with Gasteiger partial charge in [-0.25, -0.2) is 0 Å². The summed E-state index contributed by atoms with van der Waals surface area (Å²) in [5.41, 5.74) is 6.16. The Morgan fingerprint density at radius 2 is 2.45 bits per heavy atom. The van der Waals surface area contributed by atoms with Gasteiger partial charge in [-0.3, -0.25) is 4.79 Å². The SMILES string of the molecule is COC(=O)Cc1ccc(N)[nH]1. The van der Waals surface area contributed by atoms with E-state index in [4.69, 9.17) is 5.73 Å². The fourth-order valence-corrected chi connectivity index (χ4v) is 0.790. The molecule has 1 aromatic rings. The molecule has 0 spiro atoms. The highest BCUT2D eigenvalue weighted by Gasteiger charge is 2.02. The first-order chi connectivity index (χ1) is 5.22. The molecule has 0 aromatic carbocycles. The quantitative estimate of drug-likeness (QED) is 0.602. The summed E-state index contributed by atoms with van der Waals surface area (Å²) in [7, 11) is 1.36. The molecule has 4 heteroatoms. The van der Waals surface area contributed by atoms with Gasteiger partial charge in [-0.1, -0.05) is 0 Å². The van der Waals surface area contributed by atoms with Crippen LogP contribution in [0.25, 0.3) is 0 Å². The second-order valence-electron chi connectivity index (χ2n) is 2.19. The van der Waals surface area contributed by atoms with Gasteiger partial charge in [0.25, 0.3) is 0 Å². The number of ether oxygens (including phenoxy) is 1. The number of aromatic nitrogens is 1. The van der Waals surface area contributed by atoms with Gasteiger partial charge in [-0.15, -0.1) is 0 Å². The number of hydrogen-bond acceptors (Lipinski definition) is 3. The summed E-state index contributed by atoms with van der Waals surface area (Å²) in [6.45, 7) is 0. The molecule has 1 rings (SSSR count). The standard InChI is InChI=1S/C7H10N2O2/c1-11-7(10)4-5-2-3-6(8)9-5/h2-3,9H,4,8H2,1H3. The van der Waals surface area contributed by atoms with E-state index in [1.165, 1.54) is 7.11 Å². The summed E-state index contributed by atoms with van der Waals surface area (Å²) in [6.07, 6.45) is 0.244. The Bertz CT molecular complexity index is 255. The molecule has 11 heavy (non-hydrogen) atoms. The van der Waals surface area contributed by atoms with Crippen LogP contribution in [0.4, 0.5) is 5.82 Å². The smallest absolute Gasteiger partial charge is 0.311 e. The third kappa shape index (κ3) is 2.00. The average Bonchev–Trinajstić information content (AvgIpc) is 2.35. The summed E-state index contributed by atoms with van der Waals surface area (Å²) in [4.78, 5) is 13.5. The first kappa shape index (κ1) is 7.65. The van der Waals surface area contributed by atoms with E-state index in [1.807, 2.05) is 0 Å². The molecule has 3 N–H and O–H groups in total. The number of esters is 1. The normalized spacial score (nSPS) is 9.55. The predicted molar refractivity (Wildman–Crippen MR) is 40.9 cm³/mol. The molecule has 0 radical (unpaired) electrons. The molecule has 0 aliphatic rings. The van der Waals surface area contributed by atoms with Crippen molar-refractivity contribution in [3.05, 3.63) is 17.8 Å². The molecular formula is C7H10N2O2. The number of carbonyl (C=O) groups excluding carboxylic acids is 1. The molecule has 1 aromatic heterocycles. The Morgan fingerprint density at radius 3 is 2.91 bits per heavy atom. The Kier molecular flexibility index (Phi) is 2.15. The Balaban J connectivity index is 2.57. The van der Waals surface area contributed by atoms with Crippen LogP contribution >= 0.6 is 0 Å². The van der Waals surface area contributed by atoms with Gasteiger partial charge < -0.3 is 15.5 Å². The van der Waals surface area contributed by atoms with E-state index in [9.17, 15) is 4.79 Å². The number of hydrogen-bond donors (Lipinski definition) is 2. The van der Waals surface area contributed by atoms with E-state index in [1.54, 1.807) is 12.1 Å². The van der Waals surface area contributed by atoms with E-state index in [0.717, 1.165) is 5.69 Å². The van der Waals surface area contributed by atoms with Crippen molar-refractivity contribution in [1.29, 1.82) is 0 Å². The van der Waals surface area contributed by atoms with Gasteiger partial charge in [-0.2, -0.15) is 0 Å². The molecule has 4 nitrogen and oxygen atoms in total. The Morgan fingerprint density at radius 1 is 1.73 bits per heavy atom. The van der Waals surface area contributed by atoms with Gasteiger partial charge >= 0.3 is 5.97 Å². The molecule has 60 valence electrons. The lowest BCUT2D eigenvalue weighted by molar-refractivity contribution is -0.139. The zero-order chi connectivity index (χ0) is 8.27. The summed E-state index contributed by atoms with van der Waals surface area (Å²) in [5.74, 6) is 0.288. The second-order valence-corrected chi connectivity index (χ2v) is 2.19. The van der Waals surface area contributed by atoms with Crippen LogP contribution < -0.4 is 5.73 Å². The number of carbonyl (C=O) groups is 1. The summed E-state index contributed by atoms with van der Waals surface area (Å²) in [6, 6.07) is 3.46. The van der Waals surface area contributed by atoms with Gasteiger partial charge in [0.05, 0.1) is 13.5 Å². The number of methoxy groups -OCH3 is 1. The number of nitrogens with two attached hydrogens (primary N) is 1. The van der Waals surface area contributed by atoms with Gasteiger partial charge in [0, 0.05) is 5.69 Å². The van der Waals surface area contributed by atoms with Crippen LogP contribution in [0.5, 0.6) is 0 Å². The fraction of sp³-hybridized carbons (Fsp3) is 0.286. The molecule has 0 fully saturated rings. The predicted octanol–water partition coefficient (Wildman–Crippen LogP) is 0.312. The first-order valence-electron chi connectivity index (χ1n) is 3.22. The number of anilines is 1. The molecule has 0 atom stereocenters. The van der Waals surface area contributed by atoms with Crippen molar-refractivity contribution >= 4 is 11.8 Å². The van der Waals surface area contributed by atoms with Crippen LogP contribution in [-0.2, 0) is 16.0 Å². The maximum atomic E-state index is 10.7. The fourth-order valence-electron chi connectivity index (χ4n) is 0.790. The van der Waals surface area contributed by atoms with Gasteiger partial charge in [-0.05, 0) is 12.1 Å².